The average molecular weight is 241 g/mol. The number of hydrogen-bond acceptors (Lipinski definition) is 5. The first-order chi connectivity index (χ1) is 8.74. The van der Waals surface area contributed by atoms with E-state index in [1.807, 2.05) is 25.1 Å². The minimum atomic E-state index is 0.435. The molecule has 0 unspecified atom stereocenters. The number of benzene rings is 1. The molecule has 2 aromatic heterocycles. The lowest BCUT2D eigenvalue weighted by Gasteiger charge is -2.00. The van der Waals surface area contributed by atoms with Gasteiger partial charge in [0.1, 0.15) is 0 Å². The second kappa shape index (κ2) is 4.03. The molecular formula is C13H11N3O2. The zero-order chi connectivity index (χ0) is 12.5. The van der Waals surface area contributed by atoms with Crippen LogP contribution in [0.5, 0.6) is 0 Å². The highest BCUT2D eigenvalue weighted by atomic mass is 16.5. The van der Waals surface area contributed by atoms with Gasteiger partial charge in [0, 0.05) is 11.3 Å². The van der Waals surface area contributed by atoms with Gasteiger partial charge in [0.05, 0.1) is 6.26 Å². The summed E-state index contributed by atoms with van der Waals surface area (Å²) in [6.07, 6.45) is 1.57. The van der Waals surface area contributed by atoms with E-state index in [0.29, 0.717) is 17.5 Å². The Balaban J connectivity index is 2.00. The van der Waals surface area contributed by atoms with Gasteiger partial charge in [0.25, 0.3) is 5.89 Å². The van der Waals surface area contributed by atoms with Crippen LogP contribution in [0, 0.1) is 6.92 Å². The Hall–Kier alpha value is -2.56. The smallest absolute Gasteiger partial charge is 0.258 e. The predicted octanol–water partition coefficient (Wildman–Crippen LogP) is 2.89. The number of furan rings is 1. The van der Waals surface area contributed by atoms with Crippen molar-refractivity contribution in [2.45, 2.75) is 6.92 Å². The number of aromatic nitrogens is 2. The molecule has 0 bridgehead atoms. The summed E-state index contributed by atoms with van der Waals surface area (Å²) in [7, 11) is 0. The average Bonchev–Trinajstić information content (AvgIpc) is 3.01. The Morgan fingerprint density at radius 3 is 2.83 bits per heavy atom. The highest BCUT2D eigenvalue weighted by Crippen LogP contribution is 2.24. The number of nitrogen functional groups attached to an aromatic ring is 1. The van der Waals surface area contributed by atoms with Gasteiger partial charge in [-0.05, 0) is 42.8 Å². The van der Waals surface area contributed by atoms with Gasteiger partial charge >= 0.3 is 0 Å². The van der Waals surface area contributed by atoms with Crippen LogP contribution in [-0.2, 0) is 0 Å². The van der Waals surface area contributed by atoms with Crippen LogP contribution in [0.1, 0.15) is 5.56 Å². The van der Waals surface area contributed by atoms with Crippen LogP contribution in [0.25, 0.3) is 23.0 Å². The molecule has 90 valence electrons. The van der Waals surface area contributed by atoms with Crippen LogP contribution >= 0.6 is 0 Å². The lowest BCUT2D eigenvalue weighted by atomic mass is 10.1. The monoisotopic (exact) mass is 241 g/mol. The van der Waals surface area contributed by atoms with Crippen LogP contribution in [0.2, 0.25) is 0 Å². The summed E-state index contributed by atoms with van der Waals surface area (Å²) in [5, 5.41) is 3.88. The zero-order valence-electron chi connectivity index (χ0n) is 9.75. The summed E-state index contributed by atoms with van der Waals surface area (Å²) in [6, 6.07) is 9.14. The summed E-state index contributed by atoms with van der Waals surface area (Å²) in [6.45, 7) is 1.93. The van der Waals surface area contributed by atoms with Crippen molar-refractivity contribution in [1.29, 1.82) is 0 Å². The van der Waals surface area contributed by atoms with Crippen molar-refractivity contribution < 1.29 is 8.94 Å². The van der Waals surface area contributed by atoms with Crippen LogP contribution in [0.4, 0.5) is 5.69 Å². The summed E-state index contributed by atoms with van der Waals surface area (Å²) >= 11 is 0. The van der Waals surface area contributed by atoms with Crippen LogP contribution in [0.3, 0.4) is 0 Å². The molecule has 0 atom stereocenters. The summed E-state index contributed by atoms with van der Waals surface area (Å²) in [5.74, 6) is 1.46. The molecule has 1 aromatic carbocycles. The number of anilines is 1. The second-order valence-electron chi connectivity index (χ2n) is 3.97. The van der Waals surface area contributed by atoms with Crippen molar-refractivity contribution in [3.63, 3.8) is 0 Å². The summed E-state index contributed by atoms with van der Waals surface area (Å²) in [4.78, 5) is 4.28. The molecular weight excluding hydrogens is 230 g/mol. The Bertz CT molecular complexity index is 671. The molecule has 18 heavy (non-hydrogen) atoms. The van der Waals surface area contributed by atoms with E-state index in [0.717, 1.165) is 16.8 Å². The van der Waals surface area contributed by atoms with E-state index in [2.05, 4.69) is 10.1 Å². The molecule has 0 radical (unpaired) electrons. The summed E-state index contributed by atoms with van der Waals surface area (Å²) in [5.41, 5.74) is 8.32. The van der Waals surface area contributed by atoms with Gasteiger partial charge in [-0.3, -0.25) is 0 Å². The molecule has 0 fully saturated rings. The molecule has 0 spiro atoms. The van der Waals surface area contributed by atoms with Crippen molar-refractivity contribution in [3.05, 3.63) is 42.2 Å². The third kappa shape index (κ3) is 1.75. The van der Waals surface area contributed by atoms with Crippen LogP contribution in [-0.4, -0.2) is 10.1 Å². The minimum Gasteiger partial charge on any atom is -0.461 e. The molecule has 5 heteroatoms. The first-order valence-corrected chi connectivity index (χ1v) is 5.48. The number of aryl methyl sites for hydroxylation is 1. The van der Waals surface area contributed by atoms with Gasteiger partial charge in [0.15, 0.2) is 5.76 Å². The van der Waals surface area contributed by atoms with Crippen molar-refractivity contribution in [2.75, 3.05) is 5.73 Å². The first-order valence-electron chi connectivity index (χ1n) is 5.48. The van der Waals surface area contributed by atoms with E-state index in [-0.39, 0.29) is 0 Å². The fourth-order valence-electron chi connectivity index (χ4n) is 1.66. The molecule has 2 heterocycles. The van der Waals surface area contributed by atoms with Gasteiger partial charge in [-0.15, -0.1) is 0 Å². The molecule has 5 nitrogen and oxygen atoms in total. The Kier molecular flexibility index (Phi) is 2.37. The highest BCUT2D eigenvalue weighted by Gasteiger charge is 2.12. The third-order valence-corrected chi connectivity index (χ3v) is 2.68. The molecule has 0 amide bonds. The number of rotatable bonds is 2. The van der Waals surface area contributed by atoms with Crippen LogP contribution < -0.4 is 5.73 Å². The zero-order valence-corrected chi connectivity index (χ0v) is 9.75. The maximum atomic E-state index is 5.77. The van der Waals surface area contributed by atoms with Gasteiger partial charge in [-0.2, -0.15) is 4.98 Å². The predicted molar refractivity (Wildman–Crippen MR) is 66.6 cm³/mol. The number of hydrogen-bond donors (Lipinski definition) is 1. The SMILES string of the molecule is Cc1cc(-c2nc(-c3ccco3)no2)ccc1N. The van der Waals surface area contributed by atoms with Crippen LogP contribution in [0.15, 0.2) is 45.5 Å². The van der Waals surface area contributed by atoms with Crippen molar-refractivity contribution in [2.24, 2.45) is 0 Å². The van der Waals surface area contributed by atoms with E-state index in [9.17, 15) is 0 Å². The van der Waals surface area contributed by atoms with E-state index in [1.54, 1.807) is 18.4 Å². The third-order valence-electron chi connectivity index (χ3n) is 2.68. The Morgan fingerprint density at radius 2 is 2.11 bits per heavy atom. The normalized spacial score (nSPS) is 10.7. The van der Waals surface area contributed by atoms with Gasteiger partial charge in [0.2, 0.25) is 5.82 Å². The fourth-order valence-corrected chi connectivity index (χ4v) is 1.66. The van der Waals surface area contributed by atoms with E-state index >= 15 is 0 Å². The highest BCUT2D eigenvalue weighted by molar-refractivity contribution is 5.62. The molecule has 2 N–H and O–H groups in total. The summed E-state index contributed by atoms with van der Waals surface area (Å²) < 4.78 is 10.4. The number of nitrogens with zero attached hydrogens (tertiary/aromatic N) is 2. The van der Waals surface area contributed by atoms with E-state index < -0.39 is 0 Å². The first kappa shape index (κ1) is 10.6. The quantitative estimate of drug-likeness (QED) is 0.698. The van der Waals surface area contributed by atoms with E-state index in [4.69, 9.17) is 14.7 Å². The molecule has 0 aliphatic rings. The maximum Gasteiger partial charge on any atom is 0.258 e. The van der Waals surface area contributed by atoms with Gasteiger partial charge in [-0.1, -0.05) is 5.16 Å². The number of nitrogens with two attached hydrogens (primary N) is 1. The van der Waals surface area contributed by atoms with Crippen molar-refractivity contribution in [1.82, 2.24) is 10.1 Å². The largest absolute Gasteiger partial charge is 0.461 e. The Labute approximate surface area is 103 Å². The topological polar surface area (TPSA) is 78.1 Å². The maximum absolute atomic E-state index is 5.77. The van der Waals surface area contributed by atoms with E-state index in [1.165, 1.54) is 0 Å². The minimum absolute atomic E-state index is 0.435. The van der Waals surface area contributed by atoms with Crippen molar-refractivity contribution in [3.8, 4) is 23.0 Å². The molecule has 3 aromatic rings. The molecule has 0 saturated heterocycles. The molecule has 0 aliphatic carbocycles. The molecule has 0 aliphatic heterocycles. The second-order valence-corrected chi connectivity index (χ2v) is 3.97. The molecule has 0 saturated carbocycles. The standard InChI is InChI=1S/C13H11N3O2/c1-8-7-9(4-5-10(8)14)13-15-12(16-18-13)11-3-2-6-17-11/h2-7H,14H2,1H3. The Morgan fingerprint density at radius 1 is 1.22 bits per heavy atom. The van der Waals surface area contributed by atoms with Crippen molar-refractivity contribution >= 4 is 5.69 Å². The lowest BCUT2D eigenvalue weighted by molar-refractivity contribution is 0.429. The van der Waals surface area contributed by atoms with Gasteiger partial charge < -0.3 is 14.7 Å². The molecule has 3 rings (SSSR count). The fraction of sp³-hybridized carbons (Fsp3) is 0.0769. The lowest BCUT2D eigenvalue weighted by Crippen LogP contribution is -1.89. The van der Waals surface area contributed by atoms with Gasteiger partial charge in [-0.25, -0.2) is 0 Å².